The van der Waals surface area contributed by atoms with E-state index < -0.39 is 21.9 Å². The van der Waals surface area contributed by atoms with Crippen LogP contribution >= 0.6 is 0 Å². The van der Waals surface area contributed by atoms with Crippen molar-refractivity contribution in [3.8, 4) is 0 Å². The number of carbonyl (C=O) groups is 2. The molecule has 0 radical (unpaired) electrons. The molecule has 116 valence electrons. The molecule has 4 N–H and O–H groups in total. The van der Waals surface area contributed by atoms with Gasteiger partial charge in [0.15, 0.2) is 0 Å². The summed E-state index contributed by atoms with van der Waals surface area (Å²) in [6, 6.07) is 3.93. The summed E-state index contributed by atoms with van der Waals surface area (Å²) < 4.78 is 26.4. The second kappa shape index (κ2) is 7.19. The summed E-state index contributed by atoms with van der Waals surface area (Å²) in [4.78, 5) is 21.5. The van der Waals surface area contributed by atoms with Crippen LogP contribution in [0.1, 0.15) is 35.2 Å². The Morgan fingerprint density at radius 2 is 1.95 bits per heavy atom. The lowest BCUT2D eigenvalue weighted by atomic mass is 10.1. The highest BCUT2D eigenvalue weighted by atomic mass is 32.2. The Hall–Kier alpha value is -1.93. The van der Waals surface area contributed by atoms with Crippen LogP contribution in [0.2, 0.25) is 0 Å². The average molecular weight is 314 g/mol. The molecule has 0 aliphatic rings. The van der Waals surface area contributed by atoms with Gasteiger partial charge in [-0.3, -0.25) is 4.79 Å². The summed E-state index contributed by atoms with van der Waals surface area (Å²) in [5.74, 6) is -1.60. The maximum Gasteiger partial charge on any atom is 0.335 e. The van der Waals surface area contributed by atoms with Crippen molar-refractivity contribution in [2.45, 2.75) is 31.1 Å². The highest BCUT2D eigenvalue weighted by Crippen LogP contribution is 2.15. The van der Waals surface area contributed by atoms with Crippen LogP contribution in [-0.4, -0.2) is 31.9 Å². The zero-order valence-corrected chi connectivity index (χ0v) is 12.4. The van der Waals surface area contributed by atoms with E-state index in [9.17, 15) is 18.0 Å². The molecule has 1 amide bonds. The van der Waals surface area contributed by atoms with Crippen molar-refractivity contribution in [2.24, 2.45) is 5.73 Å². The third-order valence-electron chi connectivity index (χ3n) is 2.89. The molecule has 0 spiro atoms. The number of hydrogen-bond donors (Lipinski definition) is 3. The van der Waals surface area contributed by atoms with E-state index >= 15 is 0 Å². The third kappa shape index (κ3) is 5.16. The lowest BCUT2D eigenvalue weighted by Gasteiger charge is -2.08. The number of carbonyl (C=O) groups excluding carboxylic acids is 1. The SMILES string of the molecule is Cc1ccc(S(=O)(=O)NCCCCC(N)=O)cc1C(=O)O. The number of nitrogens with one attached hydrogen (secondary N) is 1. The van der Waals surface area contributed by atoms with E-state index in [1.807, 2.05) is 0 Å². The Morgan fingerprint density at radius 3 is 2.52 bits per heavy atom. The van der Waals surface area contributed by atoms with Gasteiger partial charge in [-0.2, -0.15) is 0 Å². The van der Waals surface area contributed by atoms with Crippen molar-refractivity contribution in [1.82, 2.24) is 4.72 Å². The van der Waals surface area contributed by atoms with Gasteiger partial charge in [0.25, 0.3) is 0 Å². The molecule has 0 saturated carbocycles. The topological polar surface area (TPSA) is 127 Å². The second-order valence-electron chi connectivity index (χ2n) is 4.60. The number of nitrogens with two attached hydrogens (primary N) is 1. The normalized spacial score (nSPS) is 11.3. The molecule has 0 bridgehead atoms. The van der Waals surface area contributed by atoms with E-state index in [2.05, 4.69) is 4.72 Å². The highest BCUT2D eigenvalue weighted by molar-refractivity contribution is 7.89. The van der Waals surface area contributed by atoms with Crippen molar-refractivity contribution in [2.75, 3.05) is 6.54 Å². The third-order valence-corrected chi connectivity index (χ3v) is 4.35. The van der Waals surface area contributed by atoms with Gasteiger partial charge in [-0.25, -0.2) is 17.9 Å². The molecule has 0 aliphatic heterocycles. The molecule has 0 saturated heterocycles. The zero-order chi connectivity index (χ0) is 16.0. The number of primary amides is 1. The van der Waals surface area contributed by atoms with E-state index in [0.717, 1.165) is 6.07 Å². The molecular formula is C13H18N2O5S. The molecule has 1 rings (SSSR count). The number of amides is 1. The number of aromatic carboxylic acids is 1. The first-order valence-electron chi connectivity index (χ1n) is 6.36. The van der Waals surface area contributed by atoms with E-state index in [0.29, 0.717) is 18.4 Å². The Morgan fingerprint density at radius 1 is 1.29 bits per heavy atom. The van der Waals surface area contributed by atoms with Gasteiger partial charge in [-0.1, -0.05) is 6.07 Å². The van der Waals surface area contributed by atoms with E-state index in [1.165, 1.54) is 12.1 Å². The van der Waals surface area contributed by atoms with Gasteiger partial charge in [0.2, 0.25) is 15.9 Å². The van der Waals surface area contributed by atoms with E-state index in [-0.39, 0.29) is 23.4 Å². The van der Waals surface area contributed by atoms with Gasteiger partial charge in [0, 0.05) is 13.0 Å². The number of hydrogen-bond acceptors (Lipinski definition) is 4. The van der Waals surface area contributed by atoms with Gasteiger partial charge in [-0.05, 0) is 37.5 Å². The number of rotatable bonds is 8. The fraction of sp³-hybridized carbons (Fsp3) is 0.385. The summed E-state index contributed by atoms with van der Waals surface area (Å²) in [6.45, 7) is 1.75. The highest BCUT2D eigenvalue weighted by Gasteiger charge is 2.17. The van der Waals surface area contributed by atoms with Crippen LogP contribution in [0.3, 0.4) is 0 Å². The first kappa shape index (κ1) is 17.1. The molecule has 0 heterocycles. The van der Waals surface area contributed by atoms with Crippen molar-refractivity contribution < 1.29 is 23.1 Å². The van der Waals surface area contributed by atoms with Crippen molar-refractivity contribution in [3.05, 3.63) is 29.3 Å². The van der Waals surface area contributed by atoms with Crippen LogP contribution in [-0.2, 0) is 14.8 Å². The monoisotopic (exact) mass is 314 g/mol. The zero-order valence-electron chi connectivity index (χ0n) is 11.6. The maximum atomic E-state index is 12.0. The van der Waals surface area contributed by atoms with Crippen LogP contribution in [0.25, 0.3) is 0 Å². The molecular weight excluding hydrogens is 296 g/mol. The summed E-state index contributed by atoms with van der Waals surface area (Å²) >= 11 is 0. The molecule has 1 aromatic carbocycles. The summed E-state index contributed by atoms with van der Waals surface area (Å²) in [7, 11) is -3.76. The Balaban J connectivity index is 2.72. The Bertz CT molecular complexity index is 640. The predicted octanol–water partition coefficient (Wildman–Crippen LogP) is 0.627. The fourth-order valence-corrected chi connectivity index (χ4v) is 2.81. The number of sulfonamides is 1. The lowest BCUT2D eigenvalue weighted by Crippen LogP contribution is -2.25. The standard InChI is InChI=1S/C13H18N2O5S/c1-9-5-6-10(8-11(9)13(17)18)21(19,20)15-7-3-2-4-12(14)16/h5-6,8,15H,2-4,7H2,1H3,(H2,14,16)(H,17,18). The summed E-state index contributed by atoms with van der Waals surface area (Å²) in [6.07, 6.45) is 1.17. The molecule has 8 heteroatoms. The van der Waals surface area contributed by atoms with Gasteiger partial charge < -0.3 is 10.8 Å². The van der Waals surface area contributed by atoms with Crippen LogP contribution < -0.4 is 10.5 Å². The minimum absolute atomic E-state index is 0.0494. The van der Waals surface area contributed by atoms with Gasteiger partial charge in [0.1, 0.15) is 0 Å². The van der Waals surface area contributed by atoms with Crippen LogP contribution in [0.4, 0.5) is 0 Å². The molecule has 0 unspecified atom stereocenters. The van der Waals surface area contributed by atoms with Crippen molar-refractivity contribution in [3.63, 3.8) is 0 Å². The molecule has 0 aromatic heterocycles. The molecule has 0 fully saturated rings. The average Bonchev–Trinajstić information content (AvgIpc) is 2.37. The molecule has 0 aliphatic carbocycles. The number of benzene rings is 1. The van der Waals surface area contributed by atoms with Gasteiger partial charge >= 0.3 is 5.97 Å². The van der Waals surface area contributed by atoms with E-state index in [1.54, 1.807) is 6.92 Å². The van der Waals surface area contributed by atoms with Crippen LogP contribution in [0.5, 0.6) is 0 Å². The van der Waals surface area contributed by atoms with Gasteiger partial charge in [-0.15, -0.1) is 0 Å². The van der Waals surface area contributed by atoms with E-state index in [4.69, 9.17) is 10.8 Å². The first-order valence-corrected chi connectivity index (χ1v) is 7.84. The minimum Gasteiger partial charge on any atom is -0.478 e. The number of carboxylic acid groups (broad SMARTS) is 1. The van der Waals surface area contributed by atoms with Gasteiger partial charge in [0.05, 0.1) is 10.5 Å². The minimum atomic E-state index is -3.76. The fourth-order valence-electron chi connectivity index (χ4n) is 1.71. The van der Waals surface area contributed by atoms with Crippen molar-refractivity contribution in [1.29, 1.82) is 0 Å². The number of carboxylic acids is 1. The lowest BCUT2D eigenvalue weighted by molar-refractivity contribution is -0.118. The molecule has 0 atom stereocenters. The quantitative estimate of drug-likeness (QED) is 0.606. The number of unbranched alkanes of at least 4 members (excludes halogenated alkanes) is 1. The summed E-state index contributed by atoms with van der Waals surface area (Å²) in [5.41, 5.74) is 5.42. The van der Waals surface area contributed by atoms with Crippen molar-refractivity contribution >= 4 is 21.9 Å². The molecule has 1 aromatic rings. The second-order valence-corrected chi connectivity index (χ2v) is 6.37. The van der Waals surface area contributed by atoms with Crippen LogP contribution in [0, 0.1) is 6.92 Å². The smallest absolute Gasteiger partial charge is 0.335 e. The maximum absolute atomic E-state index is 12.0. The van der Waals surface area contributed by atoms with Crippen LogP contribution in [0.15, 0.2) is 23.1 Å². The Labute approximate surface area is 123 Å². The Kier molecular flexibility index (Phi) is 5.86. The summed E-state index contributed by atoms with van der Waals surface area (Å²) in [5, 5.41) is 8.99. The predicted molar refractivity (Wildman–Crippen MR) is 76.4 cm³/mol. The number of aryl methyl sites for hydroxylation is 1. The largest absolute Gasteiger partial charge is 0.478 e. The molecule has 7 nitrogen and oxygen atoms in total. The molecule has 21 heavy (non-hydrogen) atoms. The first-order chi connectivity index (χ1) is 9.74.